The monoisotopic (exact) mass is 530 g/mol. The van der Waals surface area contributed by atoms with Gasteiger partial charge in [0.15, 0.2) is 0 Å². The number of carbonyl (C=O) groups excluding carboxylic acids is 2. The Bertz CT molecular complexity index is 1390. The number of nitrogens with zero attached hydrogens (tertiary/aromatic N) is 2. The van der Waals surface area contributed by atoms with Crippen molar-refractivity contribution < 1.29 is 24.2 Å². The molecule has 0 aliphatic carbocycles. The Morgan fingerprint density at radius 2 is 1.61 bits per heavy atom. The van der Waals surface area contributed by atoms with Gasteiger partial charge in [0, 0.05) is 23.9 Å². The lowest BCUT2D eigenvalue weighted by molar-refractivity contribution is -0.385. The van der Waals surface area contributed by atoms with E-state index in [-0.39, 0.29) is 32.7 Å². The Hall–Kier alpha value is -4.48. The summed E-state index contributed by atoms with van der Waals surface area (Å²) in [6, 6.07) is 13.2. The van der Waals surface area contributed by atoms with Gasteiger partial charge in [-0.3, -0.25) is 29.8 Å². The second-order valence-electron chi connectivity index (χ2n) is 7.08. The zero-order valence-corrected chi connectivity index (χ0v) is 19.9. The molecule has 0 aliphatic heterocycles. The number of benzene rings is 3. The number of hydrogen-bond donors (Lipinski definition) is 2. The summed E-state index contributed by atoms with van der Waals surface area (Å²) in [6.45, 7) is 0. The summed E-state index contributed by atoms with van der Waals surface area (Å²) in [5.41, 5.74) is -0.415. The van der Waals surface area contributed by atoms with Crippen LogP contribution in [0.25, 0.3) is 6.08 Å². The molecule has 0 aliphatic rings. The van der Waals surface area contributed by atoms with Gasteiger partial charge in [0.25, 0.3) is 23.2 Å². The van der Waals surface area contributed by atoms with E-state index in [0.29, 0.717) is 11.3 Å². The van der Waals surface area contributed by atoms with Gasteiger partial charge < -0.3 is 15.4 Å². The molecule has 2 N–H and O–H groups in total. The van der Waals surface area contributed by atoms with Crippen molar-refractivity contribution in [3.8, 4) is 5.75 Å². The number of ether oxygens (including phenoxy) is 1. The number of non-ortho nitro benzene ring substituents is 1. The van der Waals surface area contributed by atoms with Gasteiger partial charge in [0.1, 0.15) is 16.5 Å². The number of anilines is 1. The Balaban J connectivity index is 1.95. The molecule has 0 aromatic heterocycles. The van der Waals surface area contributed by atoms with Gasteiger partial charge in [0.2, 0.25) is 0 Å². The number of rotatable bonds is 8. The molecule has 3 aromatic carbocycles. The molecule has 0 fully saturated rings. The molecule has 3 rings (SSSR count). The summed E-state index contributed by atoms with van der Waals surface area (Å²) in [7, 11) is 1.43. The lowest BCUT2D eigenvalue weighted by Crippen LogP contribution is -2.31. The fraction of sp³-hybridized carbons (Fsp3) is 0.0435. The first-order chi connectivity index (χ1) is 17.1. The normalized spacial score (nSPS) is 10.9. The fourth-order valence-electron chi connectivity index (χ4n) is 2.94. The maximum atomic E-state index is 13.1. The van der Waals surface area contributed by atoms with E-state index >= 15 is 0 Å². The van der Waals surface area contributed by atoms with E-state index < -0.39 is 27.3 Å². The van der Waals surface area contributed by atoms with Crippen molar-refractivity contribution >= 4 is 58.2 Å². The van der Waals surface area contributed by atoms with Crippen molar-refractivity contribution in [1.29, 1.82) is 0 Å². The first-order valence-electron chi connectivity index (χ1n) is 9.95. The smallest absolute Gasteiger partial charge is 0.289 e. The Morgan fingerprint density at radius 1 is 0.917 bits per heavy atom. The topological polar surface area (TPSA) is 154 Å². The molecular weight excluding hydrogens is 515 g/mol. The van der Waals surface area contributed by atoms with Crippen LogP contribution in [0, 0.1) is 20.2 Å². The van der Waals surface area contributed by atoms with Crippen LogP contribution in [0.1, 0.15) is 15.9 Å². The predicted molar refractivity (Wildman–Crippen MR) is 133 cm³/mol. The van der Waals surface area contributed by atoms with Crippen molar-refractivity contribution in [2.75, 3.05) is 12.4 Å². The molecule has 11 nitrogen and oxygen atoms in total. The summed E-state index contributed by atoms with van der Waals surface area (Å²) in [5, 5.41) is 26.9. The van der Waals surface area contributed by atoms with Gasteiger partial charge in [-0.05, 0) is 54.1 Å². The van der Waals surface area contributed by atoms with E-state index in [0.717, 1.165) is 6.07 Å². The van der Waals surface area contributed by atoms with E-state index in [9.17, 15) is 29.8 Å². The first-order valence-corrected chi connectivity index (χ1v) is 10.7. The molecule has 0 unspecified atom stereocenters. The van der Waals surface area contributed by atoms with Gasteiger partial charge in [-0.2, -0.15) is 0 Å². The second-order valence-corrected chi connectivity index (χ2v) is 7.90. The molecule has 0 bridgehead atoms. The maximum Gasteiger partial charge on any atom is 0.289 e. The Labute approximate surface area is 213 Å². The third-order valence-corrected chi connectivity index (χ3v) is 5.36. The molecule has 13 heteroatoms. The quantitative estimate of drug-likeness (QED) is 0.229. The van der Waals surface area contributed by atoms with Crippen LogP contribution in [-0.2, 0) is 4.79 Å². The van der Waals surface area contributed by atoms with Crippen molar-refractivity contribution in [1.82, 2.24) is 5.32 Å². The molecule has 36 heavy (non-hydrogen) atoms. The van der Waals surface area contributed by atoms with E-state index in [1.54, 1.807) is 0 Å². The van der Waals surface area contributed by atoms with Crippen LogP contribution in [-0.4, -0.2) is 28.8 Å². The number of carbonyl (C=O) groups is 2. The molecule has 3 aromatic rings. The molecule has 0 atom stereocenters. The van der Waals surface area contributed by atoms with Crippen LogP contribution >= 0.6 is 23.2 Å². The van der Waals surface area contributed by atoms with E-state index in [4.69, 9.17) is 27.9 Å². The molecule has 0 heterocycles. The standard InChI is InChI=1S/C23H16Cl2N4O7/c1-36-16-7-8-17(19(25)12-16)22(30)27-20(10-13-2-5-15(6-3-13)28(32)33)23(31)26-14-4-9-18(24)21(11-14)29(34)35/h2-12H,1H3,(H,26,31)(H,27,30). The minimum atomic E-state index is -0.831. The van der Waals surface area contributed by atoms with Crippen LogP contribution in [0.2, 0.25) is 10.0 Å². The van der Waals surface area contributed by atoms with Crippen LogP contribution < -0.4 is 15.4 Å². The van der Waals surface area contributed by atoms with Gasteiger partial charge in [-0.1, -0.05) is 23.2 Å². The third kappa shape index (κ3) is 6.34. The van der Waals surface area contributed by atoms with E-state index in [1.165, 1.54) is 67.8 Å². The molecule has 0 radical (unpaired) electrons. The Kier molecular flexibility index (Phi) is 8.20. The molecule has 184 valence electrons. The highest BCUT2D eigenvalue weighted by Gasteiger charge is 2.19. The minimum Gasteiger partial charge on any atom is -0.497 e. The van der Waals surface area contributed by atoms with E-state index in [2.05, 4.69) is 10.6 Å². The summed E-state index contributed by atoms with van der Waals surface area (Å²) in [6.07, 6.45) is 1.28. The molecule has 0 saturated carbocycles. The van der Waals surface area contributed by atoms with Crippen molar-refractivity contribution in [3.05, 3.63) is 108 Å². The van der Waals surface area contributed by atoms with Gasteiger partial charge in [-0.25, -0.2) is 0 Å². The zero-order chi connectivity index (χ0) is 26.4. The van der Waals surface area contributed by atoms with Crippen LogP contribution in [0.5, 0.6) is 5.75 Å². The summed E-state index contributed by atoms with van der Waals surface area (Å²) < 4.78 is 5.06. The van der Waals surface area contributed by atoms with Gasteiger partial charge >= 0.3 is 0 Å². The van der Waals surface area contributed by atoms with Gasteiger partial charge in [0.05, 0.1) is 27.5 Å². The summed E-state index contributed by atoms with van der Waals surface area (Å²) in [5.74, 6) is -1.14. The van der Waals surface area contributed by atoms with E-state index in [1.807, 2.05) is 0 Å². The lowest BCUT2D eigenvalue weighted by atomic mass is 10.1. The number of nitro benzene ring substituents is 2. The second kappa shape index (κ2) is 11.3. The Morgan fingerprint density at radius 3 is 2.19 bits per heavy atom. The zero-order valence-electron chi connectivity index (χ0n) is 18.4. The van der Waals surface area contributed by atoms with Crippen molar-refractivity contribution in [2.45, 2.75) is 0 Å². The average Bonchev–Trinajstić information content (AvgIpc) is 2.84. The molecule has 2 amide bonds. The van der Waals surface area contributed by atoms with Gasteiger partial charge in [-0.15, -0.1) is 0 Å². The molecule has 0 saturated heterocycles. The van der Waals surface area contributed by atoms with Crippen molar-refractivity contribution in [3.63, 3.8) is 0 Å². The van der Waals surface area contributed by atoms with Crippen LogP contribution in [0.3, 0.4) is 0 Å². The fourth-order valence-corrected chi connectivity index (χ4v) is 3.39. The lowest BCUT2D eigenvalue weighted by Gasteiger charge is -2.12. The predicted octanol–water partition coefficient (Wildman–Crippen LogP) is 5.23. The summed E-state index contributed by atoms with van der Waals surface area (Å²) >= 11 is 12.0. The van der Waals surface area contributed by atoms with Crippen molar-refractivity contribution in [2.24, 2.45) is 0 Å². The molecular formula is C23H16Cl2N4O7. The first kappa shape index (κ1) is 26.1. The number of halogens is 2. The number of methoxy groups -OCH3 is 1. The minimum absolute atomic E-state index is 0.0435. The highest BCUT2D eigenvalue weighted by Crippen LogP contribution is 2.28. The average molecular weight is 531 g/mol. The highest BCUT2D eigenvalue weighted by molar-refractivity contribution is 6.34. The highest BCUT2D eigenvalue weighted by atomic mass is 35.5. The number of nitro groups is 2. The summed E-state index contributed by atoms with van der Waals surface area (Å²) in [4.78, 5) is 46.7. The van der Waals surface area contributed by atoms with Crippen LogP contribution in [0.15, 0.2) is 66.4 Å². The molecule has 0 spiro atoms. The number of hydrogen-bond acceptors (Lipinski definition) is 7. The number of amides is 2. The van der Waals surface area contributed by atoms with Crippen LogP contribution in [0.4, 0.5) is 17.1 Å². The third-order valence-electron chi connectivity index (χ3n) is 4.73. The number of nitrogens with one attached hydrogen (secondary N) is 2. The maximum absolute atomic E-state index is 13.1. The SMILES string of the molecule is COc1ccc(C(=O)NC(=Cc2ccc([N+](=O)[O-])cc2)C(=O)Nc2ccc(Cl)c([N+](=O)[O-])c2)c(Cl)c1. The largest absolute Gasteiger partial charge is 0.497 e.